The van der Waals surface area contributed by atoms with Crippen molar-refractivity contribution in [2.75, 3.05) is 6.54 Å². The van der Waals surface area contributed by atoms with Crippen LogP contribution in [0, 0.1) is 5.41 Å². The molecule has 0 saturated heterocycles. The predicted molar refractivity (Wildman–Crippen MR) is 92.5 cm³/mol. The molecule has 130 valence electrons. The highest BCUT2D eigenvalue weighted by atomic mass is 16.5. The number of hydrogen-bond acceptors (Lipinski definition) is 3. The second-order valence-electron chi connectivity index (χ2n) is 7.06. The summed E-state index contributed by atoms with van der Waals surface area (Å²) < 4.78 is 5.58. The Kier molecular flexibility index (Phi) is 7.36. The number of urea groups is 1. The average molecular weight is 322 g/mol. The number of rotatable bonds is 8. The van der Waals surface area contributed by atoms with Gasteiger partial charge in [0.2, 0.25) is 0 Å². The van der Waals surface area contributed by atoms with Crippen LogP contribution in [0.1, 0.15) is 46.6 Å². The number of hydrogen-bond donors (Lipinski definition) is 3. The predicted octanol–water partition coefficient (Wildman–Crippen LogP) is 3.07. The van der Waals surface area contributed by atoms with Crippen LogP contribution in [0.15, 0.2) is 24.3 Å². The van der Waals surface area contributed by atoms with Gasteiger partial charge in [0.15, 0.2) is 0 Å². The van der Waals surface area contributed by atoms with Crippen LogP contribution in [-0.2, 0) is 6.54 Å². The molecule has 0 fully saturated rings. The van der Waals surface area contributed by atoms with Crippen LogP contribution < -0.4 is 15.4 Å². The monoisotopic (exact) mass is 322 g/mol. The molecule has 0 bridgehead atoms. The van der Waals surface area contributed by atoms with E-state index in [1.807, 2.05) is 52.0 Å². The third-order valence-electron chi connectivity index (χ3n) is 3.32. The lowest BCUT2D eigenvalue weighted by Crippen LogP contribution is -2.41. The average Bonchev–Trinajstić information content (AvgIpc) is 2.42. The Morgan fingerprint density at radius 1 is 1.17 bits per heavy atom. The van der Waals surface area contributed by atoms with Gasteiger partial charge in [-0.05, 0) is 50.3 Å². The summed E-state index contributed by atoms with van der Waals surface area (Å²) in [6.07, 6.45) is 0.418. The van der Waals surface area contributed by atoms with E-state index in [4.69, 9.17) is 4.74 Å². The van der Waals surface area contributed by atoms with Crippen LogP contribution in [0.3, 0.4) is 0 Å². The van der Waals surface area contributed by atoms with Crippen LogP contribution in [0.25, 0.3) is 0 Å². The quantitative estimate of drug-likeness (QED) is 0.689. The van der Waals surface area contributed by atoms with Crippen molar-refractivity contribution in [3.05, 3.63) is 29.8 Å². The van der Waals surface area contributed by atoms with Gasteiger partial charge >= 0.3 is 6.03 Å². The molecule has 0 aliphatic carbocycles. The number of aliphatic hydroxyl groups excluding tert-OH is 1. The molecule has 1 aromatic carbocycles. The largest absolute Gasteiger partial charge is 0.491 e. The van der Waals surface area contributed by atoms with E-state index in [9.17, 15) is 9.90 Å². The second kappa shape index (κ2) is 8.77. The first-order valence-electron chi connectivity index (χ1n) is 8.13. The van der Waals surface area contributed by atoms with Crippen molar-refractivity contribution in [1.29, 1.82) is 0 Å². The fourth-order valence-corrected chi connectivity index (χ4v) is 2.39. The Bertz CT molecular complexity index is 482. The van der Waals surface area contributed by atoms with Gasteiger partial charge in [-0.1, -0.05) is 26.0 Å². The summed E-state index contributed by atoms with van der Waals surface area (Å²) in [5.41, 5.74) is 0.876. The van der Waals surface area contributed by atoms with Crippen LogP contribution in [-0.4, -0.2) is 29.9 Å². The Morgan fingerprint density at radius 3 is 2.30 bits per heavy atom. The zero-order chi connectivity index (χ0) is 17.5. The Morgan fingerprint density at radius 2 is 1.78 bits per heavy atom. The molecule has 0 aliphatic heterocycles. The molecule has 2 amide bonds. The number of aliphatic hydroxyl groups is 1. The summed E-state index contributed by atoms with van der Waals surface area (Å²) >= 11 is 0. The summed E-state index contributed by atoms with van der Waals surface area (Å²) in [5.74, 6) is 0.827. The fraction of sp³-hybridized carbons (Fsp3) is 0.611. The SMILES string of the molecule is CC(O)CC(C)(C)CNC(=O)NCc1ccc(OC(C)C)cc1. The van der Waals surface area contributed by atoms with Crippen LogP contribution in [0.2, 0.25) is 0 Å². The van der Waals surface area contributed by atoms with Gasteiger partial charge < -0.3 is 20.5 Å². The molecule has 0 aliphatic rings. The maximum Gasteiger partial charge on any atom is 0.315 e. The fourth-order valence-electron chi connectivity index (χ4n) is 2.39. The van der Waals surface area contributed by atoms with Gasteiger partial charge in [-0.15, -0.1) is 0 Å². The topological polar surface area (TPSA) is 70.6 Å². The first kappa shape index (κ1) is 19.3. The van der Waals surface area contributed by atoms with E-state index < -0.39 is 0 Å². The minimum atomic E-state index is -0.374. The van der Waals surface area contributed by atoms with Crippen molar-refractivity contribution in [2.24, 2.45) is 5.41 Å². The number of amides is 2. The van der Waals surface area contributed by atoms with Gasteiger partial charge in [0, 0.05) is 13.1 Å². The molecular weight excluding hydrogens is 292 g/mol. The molecule has 0 spiro atoms. The van der Waals surface area contributed by atoms with E-state index in [2.05, 4.69) is 10.6 Å². The summed E-state index contributed by atoms with van der Waals surface area (Å²) in [6, 6.07) is 7.48. The molecular formula is C18H30N2O3. The molecule has 1 unspecified atom stereocenters. The summed E-state index contributed by atoms with van der Waals surface area (Å²) in [5, 5.41) is 15.1. The third kappa shape index (κ3) is 8.45. The van der Waals surface area contributed by atoms with Crippen molar-refractivity contribution in [2.45, 2.75) is 59.8 Å². The first-order chi connectivity index (χ1) is 10.7. The highest BCUT2D eigenvalue weighted by Gasteiger charge is 2.20. The molecule has 23 heavy (non-hydrogen) atoms. The summed E-state index contributed by atoms with van der Waals surface area (Å²) in [7, 11) is 0. The first-order valence-corrected chi connectivity index (χ1v) is 8.13. The molecule has 1 rings (SSSR count). The standard InChI is InChI=1S/C18H30N2O3/c1-13(2)23-16-8-6-15(7-9-16)11-19-17(22)20-12-18(4,5)10-14(3)21/h6-9,13-14,21H,10-12H2,1-5H3,(H2,19,20,22). The summed E-state index contributed by atoms with van der Waals surface area (Å²) in [6.45, 7) is 10.8. The zero-order valence-corrected chi connectivity index (χ0v) is 14.8. The van der Waals surface area contributed by atoms with Crippen LogP contribution in [0.4, 0.5) is 4.79 Å². The normalized spacial score (nSPS) is 12.8. The van der Waals surface area contributed by atoms with E-state index in [0.717, 1.165) is 11.3 Å². The highest BCUT2D eigenvalue weighted by Crippen LogP contribution is 2.21. The zero-order valence-electron chi connectivity index (χ0n) is 14.8. The third-order valence-corrected chi connectivity index (χ3v) is 3.32. The molecule has 0 radical (unpaired) electrons. The number of nitrogens with one attached hydrogen (secondary N) is 2. The van der Waals surface area contributed by atoms with Crippen molar-refractivity contribution < 1.29 is 14.6 Å². The molecule has 0 saturated carbocycles. The van der Waals surface area contributed by atoms with Gasteiger partial charge in [-0.3, -0.25) is 0 Å². The smallest absolute Gasteiger partial charge is 0.315 e. The van der Waals surface area contributed by atoms with Crippen molar-refractivity contribution >= 4 is 6.03 Å². The second-order valence-corrected chi connectivity index (χ2v) is 7.06. The van der Waals surface area contributed by atoms with Crippen molar-refractivity contribution in [3.8, 4) is 5.75 Å². The van der Waals surface area contributed by atoms with E-state index in [1.54, 1.807) is 6.92 Å². The van der Waals surface area contributed by atoms with Crippen molar-refractivity contribution in [1.82, 2.24) is 10.6 Å². The Balaban J connectivity index is 2.35. The van der Waals surface area contributed by atoms with E-state index in [-0.39, 0.29) is 23.7 Å². The Labute approximate surface area is 139 Å². The van der Waals surface area contributed by atoms with Crippen LogP contribution in [0.5, 0.6) is 5.75 Å². The molecule has 3 N–H and O–H groups in total. The lowest BCUT2D eigenvalue weighted by molar-refractivity contribution is 0.129. The Hall–Kier alpha value is -1.75. The molecule has 0 aromatic heterocycles. The molecule has 1 atom stereocenters. The molecule has 1 aromatic rings. The molecule has 5 nitrogen and oxygen atoms in total. The lowest BCUT2D eigenvalue weighted by atomic mass is 9.87. The maximum absolute atomic E-state index is 11.9. The van der Waals surface area contributed by atoms with Gasteiger partial charge in [-0.2, -0.15) is 0 Å². The van der Waals surface area contributed by atoms with Gasteiger partial charge in [0.1, 0.15) is 5.75 Å². The molecule has 0 heterocycles. The number of carbonyl (C=O) groups is 1. The van der Waals surface area contributed by atoms with Gasteiger partial charge in [0.05, 0.1) is 12.2 Å². The highest BCUT2D eigenvalue weighted by molar-refractivity contribution is 5.73. The van der Waals surface area contributed by atoms with E-state index >= 15 is 0 Å². The van der Waals surface area contributed by atoms with E-state index in [1.165, 1.54) is 0 Å². The minimum absolute atomic E-state index is 0.138. The number of ether oxygens (including phenoxy) is 1. The van der Waals surface area contributed by atoms with Gasteiger partial charge in [0.25, 0.3) is 0 Å². The summed E-state index contributed by atoms with van der Waals surface area (Å²) in [4.78, 5) is 11.9. The number of carbonyl (C=O) groups excluding carboxylic acids is 1. The minimum Gasteiger partial charge on any atom is -0.491 e. The van der Waals surface area contributed by atoms with Gasteiger partial charge in [-0.25, -0.2) is 4.79 Å². The van der Waals surface area contributed by atoms with E-state index in [0.29, 0.717) is 19.5 Å². The maximum atomic E-state index is 11.9. The molecule has 5 heteroatoms. The van der Waals surface area contributed by atoms with Crippen molar-refractivity contribution in [3.63, 3.8) is 0 Å². The number of benzene rings is 1. The lowest BCUT2D eigenvalue weighted by Gasteiger charge is -2.26. The van der Waals surface area contributed by atoms with Crippen LogP contribution >= 0.6 is 0 Å².